The molecule has 170 valence electrons. The number of amides is 1. The van der Waals surface area contributed by atoms with Gasteiger partial charge in [0.05, 0.1) is 14.2 Å². The van der Waals surface area contributed by atoms with Gasteiger partial charge >= 0.3 is 0 Å². The molecule has 1 amide bonds. The summed E-state index contributed by atoms with van der Waals surface area (Å²) in [6, 6.07) is 12.8. The second-order valence-corrected chi connectivity index (χ2v) is 7.61. The van der Waals surface area contributed by atoms with Gasteiger partial charge in [-0.25, -0.2) is 4.98 Å². The number of para-hydroxylation sites is 1. The Labute approximate surface area is 192 Å². The van der Waals surface area contributed by atoms with Crippen LogP contribution in [0.2, 0.25) is 0 Å². The van der Waals surface area contributed by atoms with Crippen LogP contribution in [-0.2, 0) is 18.3 Å². The fourth-order valence-corrected chi connectivity index (χ4v) is 3.86. The molecular weight excluding hydrogens is 418 g/mol. The quantitative estimate of drug-likeness (QED) is 0.399. The van der Waals surface area contributed by atoms with Crippen LogP contribution in [0.3, 0.4) is 0 Å². The number of hydrogen-bond donors (Lipinski definition) is 1. The smallest absolute Gasteiger partial charge is 0.244 e. The fraction of sp³-hybridized carbons (Fsp3) is 0.231. The van der Waals surface area contributed by atoms with E-state index in [-0.39, 0.29) is 5.91 Å². The number of nitrogens with one attached hydrogen (secondary N) is 1. The molecule has 0 radical (unpaired) electrons. The number of aromatic nitrogens is 2. The van der Waals surface area contributed by atoms with Crippen molar-refractivity contribution in [1.29, 1.82) is 0 Å². The Hall–Kier alpha value is -4.00. The molecule has 0 saturated carbocycles. The Bertz CT molecular complexity index is 1280. The molecule has 4 rings (SSSR count). The van der Waals surface area contributed by atoms with Crippen molar-refractivity contribution < 1.29 is 18.7 Å². The first-order chi connectivity index (χ1) is 16.0. The molecule has 1 atom stereocenters. The molecule has 2 aromatic heterocycles. The van der Waals surface area contributed by atoms with Gasteiger partial charge in [-0.3, -0.25) is 4.79 Å². The molecule has 0 aliphatic rings. The lowest BCUT2D eigenvalue weighted by Gasteiger charge is -2.20. The fourth-order valence-electron chi connectivity index (χ4n) is 3.86. The Morgan fingerprint density at radius 3 is 2.55 bits per heavy atom. The third kappa shape index (κ3) is 4.62. The second kappa shape index (κ2) is 9.65. The molecule has 0 aliphatic carbocycles. The zero-order valence-electron chi connectivity index (χ0n) is 19.2. The minimum Gasteiger partial charge on any atom is -0.497 e. The lowest BCUT2D eigenvalue weighted by Crippen LogP contribution is -2.29. The van der Waals surface area contributed by atoms with Crippen molar-refractivity contribution in [3.8, 4) is 11.5 Å². The maximum absolute atomic E-state index is 13.0. The summed E-state index contributed by atoms with van der Waals surface area (Å²) in [7, 11) is 5.08. The van der Waals surface area contributed by atoms with Gasteiger partial charge in [0, 0.05) is 49.0 Å². The lowest BCUT2D eigenvalue weighted by atomic mass is 10.0. The molecule has 1 unspecified atom stereocenters. The average Bonchev–Trinajstić information content (AvgIpc) is 3.43. The van der Waals surface area contributed by atoms with E-state index >= 15 is 0 Å². The second-order valence-electron chi connectivity index (χ2n) is 7.61. The van der Waals surface area contributed by atoms with Crippen molar-refractivity contribution in [2.45, 2.75) is 19.4 Å². The van der Waals surface area contributed by atoms with Gasteiger partial charge in [0.25, 0.3) is 0 Å². The van der Waals surface area contributed by atoms with E-state index < -0.39 is 6.04 Å². The van der Waals surface area contributed by atoms with Gasteiger partial charge in [-0.05, 0) is 29.8 Å². The van der Waals surface area contributed by atoms with Crippen molar-refractivity contribution in [1.82, 2.24) is 14.9 Å². The molecule has 4 aromatic rings. The van der Waals surface area contributed by atoms with E-state index in [0.29, 0.717) is 17.3 Å². The Balaban J connectivity index is 1.67. The van der Waals surface area contributed by atoms with Crippen LogP contribution < -0.4 is 14.8 Å². The monoisotopic (exact) mass is 445 g/mol. The van der Waals surface area contributed by atoms with E-state index in [0.717, 1.165) is 34.3 Å². The standard InChI is InChI=1S/C26H27N3O4/c1-5-22-21(20-8-6-7-9-23(20)33-22)10-11-24(30)28-25(26-27-12-13-29(26)2)17-14-18(31-3)16-19(15-17)32-4/h6-16,25H,5H2,1-4H3,(H,28,30)/b11-10+. The van der Waals surface area contributed by atoms with Gasteiger partial charge < -0.3 is 23.8 Å². The van der Waals surface area contributed by atoms with Crippen LogP contribution in [0.15, 0.2) is 65.4 Å². The summed E-state index contributed by atoms with van der Waals surface area (Å²) in [4.78, 5) is 17.5. The van der Waals surface area contributed by atoms with Crippen LogP contribution in [0.1, 0.15) is 35.7 Å². The number of carbonyl (C=O) groups excluding carboxylic acids is 1. The number of methoxy groups -OCH3 is 2. The average molecular weight is 446 g/mol. The number of imidazole rings is 1. The number of hydrogen-bond acceptors (Lipinski definition) is 5. The van der Waals surface area contributed by atoms with Crippen molar-refractivity contribution in [2.24, 2.45) is 7.05 Å². The van der Waals surface area contributed by atoms with Crippen molar-refractivity contribution >= 4 is 23.0 Å². The molecule has 7 nitrogen and oxygen atoms in total. The highest BCUT2D eigenvalue weighted by atomic mass is 16.5. The third-order valence-corrected chi connectivity index (χ3v) is 5.54. The first kappa shape index (κ1) is 22.2. The molecule has 0 spiro atoms. The van der Waals surface area contributed by atoms with E-state index in [1.54, 1.807) is 26.5 Å². The van der Waals surface area contributed by atoms with E-state index in [4.69, 9.17) is 13.9 Å². The van der Waals surface area contributed by atoms with Gasteiger partial charge in [-0.2, -0.15) is 0 Å². The number of fused-ring (bicyclic) bond motifs is 1. The number of furan rings is 1. The third-order valence-electron chi connectivity index (χ3n) is 5.54. The number of benzene rings is 2. The number of rotatable bonds is 8. The summed E-state index contributed by atoms with van der Waals surface area (Å²) in [5.41, 5.74) is 2.52. The Morgan fingerprint density at radius 1 is 1.18 bits per heavy atom. The summed E-state index contributed by atoms with van der Waals surface area (Å²) >= 11 is 0. The number of carbonyl (C=O) groups is 1. The Morgan fingerprint density at radius 2 is 1.91 bits per heavy atom. The summed E-state index contributed by atoms with van der Waals surface area (Å²) < 4.78 is 18.6. The minimum absolute atomic E-state index is 0.253. The number of nitrogens with zero attached hydrogens (tertiary/aromatic N) is 2. The molecule has 7 heteroatoms. The summed E-state index contributed by atoms with van der Waals surface area (Å²) in [5, 5.41) is 4.06. The Kier molecular flexibility index (Phi) is 6.49. The molecular formula is C26H27N3O4. The zero-order valence-corrected chi connectivity index (χ0v) is 19.2. The zero-order chi connectivity index (χ0) is 23.4. The summed E-state index contributed by atoms with van der Waals surface area (Å²) in [6.45, 7) is 2.03. The van der Waals surface area contributed by atoms with Crippen LogP contribution in [0.5, 0.6) is 11.5 Å². The van der Waals surface area contributed by atoms with Gasteiger partial charge in [0.2, 0.25) is 5.91 Å². The molecule has 0 aliphatic heterocycles. The molecule has 33 heavy (non-hydrogen) atoms. The van der Waals surface area contributed by atoms with Crippen molar-refractivity contribution in [3.05, 3.63) is 83.6 Å². The highest BCUT2D eigenvalue weighted by Gasteiger charge is 2.22. The van der Waals surface area contributed by atoms with Gasteiger partial charge in [-0.1, -0.05) is 25.1 Å². The van der Waals surface area contributed by atoms with Crippen LogP contribution in [-0.4, -0.2) is 29.7 Å². The largest absolute Gasteiger partial charge is 0.497 e. The predicted octanol–water partition coefficient (Wildman–Crippen LogP) is 4.66. The van der Waals surface area contributed by atoms with Gasteiger partial charge in [0.15, 0.2) is 0 Å². The lowest BCUT2D eigenvalue weighted by molar-refractivity contribution is -0.117. The molecule has 2 heterocycles. The summed E-state index contributed by atoms with van der Waals surface area (Å²) in [5.74, 6) is 2.54. The van der Waals surface area contributed by atoms with Crippen LogP contribution in [0, 0.1) is 0 Å². The predicted molar refractivity (Wildman–Crippen MR) is 127 cm³/mol. The van der Waals surface area contributed by atoms with Gasteiger partial charge in [0.1, 0.15) is 34.7 Å². The van der Waals surface area contributed by atoms with Crippen LogP contribution >= 0.6 is 0 Å². The van der Waals surface area contributed by atoms with E-state index in [1.807, 2.05) is 67.2 Å². The molecule has 0 bridgehead atoms. The number of aryl methyl sites for hydroxylation is 2. The first-order valence-corrected chi connectivity index (χ1v) is 10.7. The maximum Gasteiger partial charge on any atom is 0.244 e. The number of ether oxygens (including phenoxy) is 2. The SMILES string of the molecule is CCc1oc2ccccc2c1/C=C/C(=O)NC(c1cc(OC)cc(OC)c1)c1nccn1C. The molecule has 0 fully saturated rings. The van der Waals surface area contributed by atoms with E-state index in [2.05, 4.69) is 10.3 Å². The molecule has 1 N–H and O–H groups in total. The topological polar surface area (TPSA) is 78.5 Å². The summed E-state index contributed by atoms with van der Waals surface area (Å²) in [6.07, 6.45) is 7.61. The highest BCUT2D eigenvalue weighted by molar-refractivity contribution is 5.96. The first-order valence-electron chi connectivity index (χ1n) is 10.7. The van der Waals surface area contributed by atoms with Crippen LogP contribution in [0.4, 0.5) is 0 Å². The van der Waals surface area contributed by atoms with Crippen molar-refractivity contribution in [2.75, 3.05) is 14.2 Å². The van der Waals surface area contributed by atoms with E-state index in [1.165, 1.54) is 6.08 Å². The maximum atomic E-state index is 13.0. The molecule has 0 saturated heterocycles. The van der Waals surface area contributed by atoms with Gasteiger partial charge in [-0.15, -0.1) is 0 Å². The normalized spacial score (nSPS) is 12.2. The van der Waals surface area contributed by atoms with Crippen molar-refractivity contribution in [3.63, 3.8) is 0 Å². The minimum atomic E-state index is -0.502. The molecule has 2 aromatic carbocycles. The van der Waals surface area contributed by atoms with E-state index in [9.17, 15) is 4.79 Å². The highest BCUT2D eigenvalue weighted by Crippen LogP contribution is 2.30. The van der Waals surface area contributed by atoms with Crippen LogP contribution in [0.25, 0.3) is 17.0 Å².